The summed E-state index contributed by atoms with van der Waals surface area (Å²) in [4.78, 5) is 23.0. The van der Waals surface area contributed by atoms with Crippen LogP contribution in [0.15, 0.2) is 18.2 Å². The van der Waals surface area contributed by atoms with Crippen molar-refractivity contribution in [2.24, 2.45) is 5.92 Å². The van der Waals surface area contributed by atoms with Gasteiger partial charge in [0.1, 0.15) is 0 Å². The first-order valence-corrected chi connectivity index (χ1v) is 7.03. The number of carboxylic acid groups (broad SMARTS) is 1. The SMILES string of the molecule is Cc1ccc(NC(=O)NCC2CCCOC2)c(C(=O)O)c1. The topological polar surface area (TPSA) is 87.7 Å². The van der Waals surface area contributed by atoms with Gasteiger partial charge in [-0.3, -0.25) is 0 Å². The molecule has 2 rings (SSSR count). The van der Waals surface area contributed by atoms with Gasteiger partial charge < -0.3 is 20.5 Å². The molecular weight excluding hydrogens is 272 g/mol. The molecule has 1 fully saturated rings. The van der Waals surface area contributed by atoms with Gasteiger partial charge in [0.25, 0.3) is 0 Å². The van der Waals surface area contributed by atoms with Crippen molar-refractivity contribution >= 4 is 17.7 Å². The molecule has 1 aromatic carbocycles. The van der Waals surface area contributed by atoms with E-state index in [0.717, 1.165) is 25.0 Å². The second kappa shape index (κ2) is 7.08. The summed E-state index contributed by atoms with van der Waals surface area (Å²) in [7, 11) is 0. The predicted molar refractivity (Wildman–Crippen MR) is 78.7 cm³/mol. The number of anilines is 1. The van der Waals surface area contributed by atoms with Crippen molar-refractivity contribution in [3.63, 3.8) is 0 Å². The largest absolute Gasteiger partial charge is 0.478 e. The Bertz CT molecular complexity index is 524. The molecule has 114 valence electrons. The minimum Gasteiger partial charge on any atom is -0.478 e. The molecule has 1 atom stereocenters. The van der Waals surface area contributed by atoms with E-state index in [1.807, 2.05) is 0 Å². The second-order valence-electron chi connectivity index (χ2n) is 5.27. The Hall–Kier alpha value is -2.08. The van der Waals surface area contributed by atoms with Crippen molar-refractivity contribution in [1.82, 2.24) is 5.32 Å². The van der Waals surface area contributed by atoms with Gasteiger partial charge in [0.15, 0.2) is 0 Å². The first-order valence-electron chi connectivity index (χ1n) is 7.03. The average molecular weight is 292 g/mol. The highest BCUT2D eigenvalue weighted by Gasteiger charge is 2.16. The zero-order valence-electron chi connectivity index (χ0n) is 12.0. The Morgan fingerprint density at radius 3 is 2.90 bits per heavy atom. The summed E-state index contributed by atoms with van der Waals surface area (Å²) in [6.07, 6.45) is 2.04. The highest BCUT2D eigenvalue weighted by molar-refractivity contribution is 6.00. The monoisotopic (exact) mass is 292 g/mol. The molecule has 1 aliphatic rings. The maximum Gasteiger partial charge on any atom is 0.337 e. The van der Waals surface area contributed by atoms with Crippen molar-refractivity contribution in [1.29, 1.82) is 0 Å². The Morgan fingerprint density at radius 1 is 1.43 bits per heavy atom. The Kier molecular flexibility index (Phi) is 5.16. The molecule has 0 aromatic heterocycles. The number of ether oxygens (including phenoxy) is 1. The molecule has 1 heterocycles. The van der Waals surface area contributed by atoms with E-state index in [1.165, 1.54) is 6.07 Å². The third-order valence-electron chi connectivity index (χ3n) is 3.46. The lowest BCUT2D eigenvalue weighted by Gasteiger charge is -2.22. The van der Waals surface area contributed by atoms with Crippen LogP contribution >= 0.6 is 0 Å². The van der Waals surface area contributed by atoms with E-state index in [4.69, 9.17) is 9.84 Å². The van der Waals surface area contributed by atoms with Crippen LogP contribution in [0.25, 0.3) is 0 Å². The highest BCUT2D eigenvalue weighted by Crippen LogP contribution is 2.17. The number of aromatic carboxylic acids is 1. The molecular formula is C15H20N2O4. The van der Waals surface area contributed by atoms with Crippen molar-refractivity contribution in [3.05, 3.63) is 29.3 Å². The third-order valence-corrected chi connectivity index (χ3v) is 3.46. The van der Waals surface area contributed by atoms with Gasteiger partial charge in [0, 0.05) is 13.2 Å². The summed E-state index contributed by atoms with van der Waals surface area (Å²) < 4.78 is 5.35. The molecule has 1 saturated heterocycles. The summed E-state index contributed by atoms with van der Waals surface area (Å²) in [5.74, 6) is -0.740. The van der Waals surface area contributed by atoms with Crippen LogP contribution in [-0.2, 0) is 4.74 Å². The summed E-state index contributed by atoms with van der Waals surface area (Å²) in [5.41, 5.74) is 1.22. The van der Waals surface area contributed by atoms with Gasteiger partial charge in [-0.2, -0.15) is 0 Å². The van der Waals surface area contributed by atoms with E-state index in [2.05, 4.69) is 10.6 Å². The molecule has 0 bridgehead atoms. The maximum atomic E-state index is 11.9. The lowest BCUT2D eigenvalue weighted by molar-refractivity contribution is 0.0559. The normalized spacial score (nSPS) is 18.0. The number of rotatable bonds is 4. The van der Waals surface area contributed by atoms with Gasteiger partial charge in [0.2, 0.25) is 0 Å². The molecule has 1 aromatic rings. The standard InChI is InChI=1S/C15H20N2O4/c1-10-4-5-13(12(7-10)14(18)19)17-15(20)16-8-11-3-2-6-21-9-11/h4-5,7,11H,2-3,6,8-9H2,1H3,(H,18,19)(H2,16,17,20). The smallest absolute Gasteiger partial charge is 0.337 e. The first-order chi connectivity index (χ1) is 10.1. The number of nitrogens with one attached hydrogen (secondary N) is 2. The molecule has 0 spiro atoms. The van der Waals surface area contributed by atoms with Crippen LogP contribution in [0, 0.1) is 12.8 Å². The fourth-order valence-electron chi connectivity index (χ4n) is 2.32. The number of benzene rings is 1. The number of carbonyl (C=O) groups excluding carboxylic acids is 1. The van der Waals surface area contributed by atoms with Gasteiger partial charge in [-0.05, 0) is 37.8 Å². The molecule has 2 amide bonds. The molecule has 3 N–H and O–H groups in total. The maximum absolute atomic E-state index is 11.9. The minimum absolute atomic E-state index is 0.0890. The van der Waals surface area contributed by atoms with Gasteiger partial charge in [0.05, 0.1) is 17.9 Å². The van der Waals surface area contributed by atoms with Crippen molar-refractivity contribution in [2.75, 3.05) is 25.1 Å². The van der Waals surface area contributed by atoms with Crippen LogP contribution in [0.1, 0.15) is 28.8 Å². The average Bonchev–Trinajstić information content (AvgIpc) is 2.48. The van der Waals surface area contributed by atoms with Crippen LogP contribution in [0.3, 0.4) is 0 Å². The summed E-state index contributed by atoms with van der Waals surface area (Å²) in [5, 5.41) is 14.5. The lowest BCUT2D eigenvalue weighted by atomic mass is 10.0. The van der Waals surface area contributed by atoms with Crippen molar-refractivity contribution in [2.45, 2.75) is 19.8 Å². The summed E-state index contributed by atoms with van der Waals surface area (Å²) in [6, 6.07) is 4.50. The van der Waals surface area contributed by atoms with E-state index in [0.29, 0.717) is 24.8 Å². The number of hydrogen-bond acceptors (Lipinski definition) is 3. The van der Waals surface area contributed by atoms with E-state index >= 15 is 0 Å². The Balaban J connectivity index is 1.91. The van der Waals surface area contributed by atoms with Crippen LogP contribution in [0.2, 0.25) is 0 Å². The zero-order valence-corrected chi connectivity index (χ0v) is 12.0. The van der Waals surface area contributed by atoms with Gasteiger partial charge in [-0.1, -0.05) is 11.6 Å². The fraction of sp³-hybridized carbons (Fsp3) is 0.467. The lowest BCUT2D eigenvalue weighted by Crippen LogP contribution is -2.36. The first kappa shape index (κ1) is 15.3. The van der Waals surface area contributed by atoms with Crippen molar-refractivity contribution < 1.29 is 19.4 Å². The van der Waals surface area contributed by atoms with Crippen molar-refractivity contribution in [3.8, 4) is 0 Å². The number of carboxylic acids is 1. The van der Waals surface area contributed by atoms with Crippen LogP contribution in [0.4, 0.5) is 10.5 Å². The number of carbonyl (C=O) groups is 2. The Labute approximate surface area is 123 Å². The predicted octanol–water partition coefficient (Wildman–Crippen LogP) is 2.24. The van der Waals surface area contributed by atoms with E-state index in [9.17, 15) is 9.59 Å². The third kappa shape index (κ3) is 4.46. The molecule has 6 nitrogen and oxygen atoms in total. The zero-order chi connectivity index (χ0) is 15.2. The van der Waals surface area contributed by atoms with Gasteiger partial charge in [-0.25, -0.2) is 9.59 Å². The van der Waals surface area contributed by atoms with Gasteiger partial charge >= 0.3 is 12.0 Å². The van der Waals surface area contributed by atoms with Gasteiger partial charge in [-0.15, -0.1) is 0 Å². The minimum atomic E-state index is -1.06. The van der Waals surface area contributed by atoms with E-state index in [-0.39, 0.29) is 5.56 Å². The molecule has 0 saturated carbocycles. The molecule has 6 heteroatoms. The number of aryl methyl sites for hydroxylation is 1. The number of hydrogen-bond donors (Lipinski definition) is 3. The molecule has 0 radical (unpaired) electrons. The second-order valence-corrected chi connectivity index (χ2v) is 5.27. The van der Waals surface area contributed by atoms with E-state index < -0.39 is 12.0 Å². The quantitative estimate of drug-likeness (QED) is 0.794. The van der Waals surface area contributed by atoms with Crippen LogP contribution in [-0.4, -0.2) is 36.9 Å². The molecule has 21 heavy (non-hydrogen) atoms. The fourth-order valence-corrected chi connectivity index (χ4v) is 2.32. The van der Waals surface area contributed by atoms with E-state index in [1.54, 1.807) is 19.1 Å². The Morgan fingerprint density at radius 2 is 2.24 bits per heavy atom. The number of urea groups is 1. The van der Waals surface area contributed by atoms with Crippen LogP contribution < -0.4 is 10.6 Å². The number of amides is 2. The summed E-state index contributed by atoms with van der Waals surface area (Å²) >= 11 is 0. The summed E-state index contributed by atoms with van der Waals surface area (Å²) in [6.45, 7) is 3.78. The molecule has 0 aliphatic carbocycles. The molecule has 1 unspecified atom stereocenters. The molecule has 1 aliphatic heterocycles. The highest BCUT2D eigenvalue weighted by atomic mass is 16.5. The van der Waals surface area contributed by atoms with Crippen LogP contribution in [0.5, 0.6) is 0 Å².